The maximum Gasteiger partial charge on any atom is 0.153 e. The molecular weight excluding hydrogens is 222 g/mol. The SMILES string of the molecule is CC(C)S(=O)(=O)CCN1CCC(Cl)C1. The van der Waals surface area contributed by atoms with Crippen LogP contribution in [0.5, 0.6) is 0 Å². The van der Waals surface area contributed by atoms with Crippen molar-refractivity contribution in [2.45, 2.75) is 30.9 Å². The lowest BCUT2D eigenvalue weighted by Crippen LogP contribution is -2.30. The van der Waals surface area contributed by atoms with Crippen molar-refractivity contribution in [3.8, 4) is 0 Å². The van der Waals surface area contributed by atoms with E-state index in [2.05, 4.69) is 4.90 Å². The highest BCUT2D eigenvalue weighted by Gasteiger charge is 2.23. The van der Waals surface area contributed by atoms with Crippen molar-refractivity contribution >= 4 is 21.4 Å². The first kappa shape index (κ1) is 12.3. The summed E-state index contributed by atoms with van der Waals surface area (Å²) in [5, 5.41) is -0.0614. The molecule has 0 radical (unpaired) electrons. The third-order valence-corrected chi connectivity index (χ3v) is 5.17. The van der Waals surface area contributed by atoms with Gasteiger partial charge in [-0.25, -0.2) is 8.42 Å². The first-order valence-corrected chi connectivity index (χ1v) is 7.15. The molecule has 1 unspecified atom stereocenters. The molecule has 0 aromatic rings. The van der Waals surface area contributed by atoms with Crippen LogP contribution in [-0.2, 0) is 9.84 Å². The van der Waals surface area contributed by atoms with Gasteiger partial charge < -0.3 is 4.90 Å². The molecule has 0 aromatic carbocycles. The third kappa shape index (κ3) is 3.41. The molecule has 1 saturated heterocycles. The van der Waals surface area contributed by atoms with Gasteiger partial charge in [0.25, 0.3) is 0 Å². The van der Waals surface area contributed by atoms with E-state index in [-0.39, 0.29) is 16.4 Å². The first-order valence-electron chi connectivity index (χ1n) is 5.00. The van der Waals surface area contributed by atoms with Crippen LogP contribution in [0.2, 0.25) is 0 Å². The molecule has 0 spiro atoms. The number of hydrogen-bond donors (Lipinski definition) is 0. The first-order chi connectivity index (χ1) is 6.42. The Labute approximate surface area is 91.3 Å². The number of alkyl halides is 1. The minimum Gasteiger partial charge on any atom is -0.301 e. The fourth-order valence-electron chi connectivity index (χ4n) is 1.48. The number of halogens is 1. The molecule has 1 atom stereocenters. The quantitative estimate of drug-likeness (QED) is 0.690. The second kappa shape index (κ2) is 4.81. The van der Waals surface area contributed by atoms with Gasteiger partial charge in [-0.3, -0.25) is 0 Å². The predicted molar refractivity (Wildman–Crippen MR) is 59.6 cm³/mol. The van der Waals surface area contributed by atoms with Crippen LogP contribution in [0.15, 0.2) is 0 Å². The Balaban J connectivity index is 2.34. The number of sulfone groups is 1. The van der Waals surface area contributed by atoms with E-state index in [9.17, 15) is 8.42 Å². The molecule has 14 heavy (non-hydrogen) atoms. The van der Waals surface area contributed by atoms with E-state index < -0.39 is 9.84 Å². The van der Waals surface area contributed by atoms with Gasteiger partial charge in [-0.05, 0) is 26.8 Å². The average molecular weight is 240 g/mol. The normalized spacial score (nSPS) is 24.7. The fourth-order valence-corrected chi connectivity index (χ4v) is 2.76. The van der Waals surface area contributed by atoms with E-state index in [0.717, 1.165) is 19.5 Å². The maximum absolute atomic E-state index is 11.5. The molecule has 5 heteroatoms. The lowest BCUT2D eigenvalue weighted by atomic mass is 10.4. The Morgan fingerprint density at radius 1 is 1.50 bits per heavy atom. The van der Waals surface area contributed by atoms with Crippen LogP contribution in [0, 0.1) is 0 Å². The third-order valence-electron chi connectivity index (χ3n) is 2.63. The van der Waals surface area contributed by atoms with Gasteiger partial charge in [0, 0.05) is 18.5 Å². The number of rotatable bonds is 4. The lowest BCUT2D eigenvalue weighted by Gasteiger charge is -2.15. The van der Waals surface area contributed by atoms with E-state index in [1.165, 1.54) is 0 Å². The highest BCUT2D eigenvalue weighted by Crippen LogP contribution is 2.14. The molecule has 84 valence electrons. The summed E-state index contributed by atoms with van der Waals surface area (Å²) in [7, 11) is -2.89. The molecule has 1 heterocycles. The molecule has 0 aliphatic carbocycles. The van der Waals surface area contributed by atoms with Crippen molar-refractivity contribution in [2.24, 2.45) is 0 Å². The van der Waals surface area contributed by atoms with Crippen molar-refractivity contribution in [1.82, 2.24) is 4.90 Å². The summed E-state index contributed by atoms with van der Waals surface area (Å²) < 4.78 is 23.0. The maximum atomic E-state index is 11.5. The number of hydrogen-bond acceptors (Lipinski definition) is 3. The smallest absolute Gasteiger partial charge is 0.153 e. The van der Waals surface area contributed by atoms with Crippen molar-refractivity contribution in [3.63, 3.8) is 0 Å². The number of likely N-dealkylation sites (tertiary alicyclic amines) is 1. The largest absolute Gasteiger partial charge is 0.301 e. The van der Waals surface area contributed by atoms with E-state index in [0.29, 0.717) is 6.54 Å². The van der Waals surface area contributed by atoms with Crippen LogP contribution in [0.4, 0.5) is 0 Å². The molecule has 0 bridgehead atoms. The molecule has 0 saturated carbocycles. The molecule has 1 aliphatic heterocycles. The molecule has 3 nitrogen and oxygen atoms in total. The minimum absolute atomic E-state index is 0.205. The summed E-state index contributed by atoms with van der Waals surface area (Å²) in [6.45, 7) is 5.84. The zero-order chi connectivity index (χ0) is 10.8. The van der Waals surface area contributed by atoms with Gasteiger partial charge in [-0.1, -0.05) is 0 Å². The summed E-state index contributed by atoms with van der Waals surface area (Å²) in [5.74, 6) is 0.258. The van der Waals surface area contributed by atoms with Crippen molar-refractivity contribution in [3.05, 3.63) is 0 Å². The highest BCUT2D eigenvalue weighted by atomic mass is 35.5. The average Bonchev–Trinajstić information content (AvgIpc) is 2.48. The Morgan fingerprint density at radius 2 is 2.14 bits per heavy atom. The topological polar surface area (TPSA) is 37.4 Å². The van der Waals surface area contributed by atoms with Crippen molar-refractivity contribution in [1.29, 1.82) is 0 Å². The molecule has 1 fully saturated rings. The zero-order valence-corrected chi connectivity index (χ0v) is 10.3. The summed E-state index contributed by atoms with van der Waals surface area (Å²) >= 11 is 5.93. The minimum atomic E-state index is -2.89. The van der Waals surface area contributed by atoms with Crippen LogP contribution >= 0.6 is 11.6 Å². The van der Waals surface area contributed by atoms with E-state index in [1.54, 1.807) is 13.8 Å². The highest BCUT2D eigenvalue weighted by molar-refractivity contribution is 7.92. The Bertz CT molecular complexity index is 277. The Morgan fingerprint density at radius 3 is 2.57 bits per heavy atom. The summed E-state index contributed by atoms with van der Waals surface area (Å²) in [4.78, 5) is 2.12. The summed E-state index contributed by atoms with van der Waals surface area (Å²) in [5.41, 5.74) is 0. The van der Waals surface area contributed by atoms with Crippen LogP contribution in [0.25, 0.3) is 0 Å². The fraction of sp³-hybridized carbons (Fsp3) is 1.00. The standard InChI is InChI=1S/C9H18ClNO2S/c1-8(2)14(12,13)6-5-11-4-3-9(10)7-11/h8-9H,3-7H2,1-2H3. The molecule has 0 aromatic heterocycles. The molecule has 1 rings (SSSR count). The van der Waals surface area contributed by atoms with Gasteiger partial charge in [-0.2, -0.15) is 0 Å². The molecule has 0 N–H and O–H groups in total. The van der Waals surface area contributed by atoms with Gasteiger partial charge in [0.2, 0.25) is 0 Å². The molecule has 1 aliphatic rings. The van der Waals surface area contributed by atoms with Gasteiger partial charge in [0.15, 0.2) is 9.84 Å². The summed E-state index contributed by atoms with van der Waals surface area (Å²) in [6, 6.07) is 0. The van der Waals surface area contributed by atoms with Crippen LogP contribution in [0.1, 0.15) is 20.3 Å². The summed E-state index contributed by atoms with van der Waals surface area (Å²) in [6.07, 6.45) is 0.975. The molecular formula is C9H18ClNO2S. The van der Waals surface area contributed by atoms with Crippen molar-refractivity contribution in [2.75, 3.05) is 25.4 Å². The van der Waals surface area contributed by atoms with E-state index >= 15 is 0 Å². The number of nitrogens with zero attached hydrogens (tertiary/aromatic N) is 1. The van der Waals surface area contributed by atoms with Gasteiger partial charge in [-0.15, -0.1) is 11.6 Å². The van der Waals surface area contributed by atoms with E-state index in [4.69, 9.17) is 11.6 Å². The zero-order valence-electron chi connectivity index (χ0n) is 8.74. The second-order valence-corrected chi connectivity index (χ2v) is 7.40. The monoisotopic (exact) mass is 239 g/mol. The molecule has 0 amide bonds. The van der Waals surface area contributed by atoms with Crippen molar-refractivity contribution < 1.29 is 8.42 Å². The van der Waals surface area contributed by atoms with E-state index in [1.807, 2.05) is 0 Å². The van der Waals surface area contributed by atoms with Gasteiger partial charge >= 0.3 is 0 Å². The van der Waals surface area contributed by atoms with Gasteiger partial charge in [0.05, 0.1) is 11.0 Å². The van der Waals surface area contributed by atoms with Crippen LogP contribution in [-0.4, -0.2) is 49.3 Å². The Hall–Kier alpha value is 0.200. The van der Waals surface area contributed by atoms with Crippen LogP contribution < -0.4 is 0 Å². The van der Waals surface area contributed by atoms with Crippen LogP contribution in [0.3, 0.4) is 0 Å². The lowest BCUT2D eigenvalue weighted by molar-refractivity contribution is 0.359. The Kier molecular flexibility index (Phi) is 4.22. The van der Waals surface area contributed by atoms with Gasteiger partial charge in [0.1, 0.15) is 0 Å². The second-order valence-electron chi connectivity index (χ2n) is 4.10. The predicted octanol–water partition coefficient (Wildman–Crippen LogP) is 1.12.